The topological polar surface area (TPSA) is 58.6 Å². The maximum atomic E-state index is 11.2. The van der Waals surface area contributed by atoms with Crippen molar-refractivity contribution >= 4 is 10.0 Å². The van der Waals surface area contributed by atoms with Crippen LogP contribution in [0.1, 0.15) is 18.4 Å². The Morgan fingerprint density at radius 1 is 1.24 bits per heavy atom. The average Bonchev–Trinajstić information content (AvgIpc) is 2.45. The Labute approximate surface area is 127 Å². The van der Waals surface area contributed by atoms with Crippen molar-refractivity contribution in [1.29, 1.82) is 0 Å². The summed E-state index contributed by atoms with van der Waals surface area (Å²) in [7, 11) is -1.41. The Morgan fingerprint density at radius 2 is 1.86 bits per heavy atom. The molecule has 0 spiro atoms. The molecule has 1 aliphatic rings. The van der Waals surface area contributed by atoms with Crippen molar-refractivity contribution in [3.8, 4) is 5.75 Å². The number of hydrogen-bond donors (Lipinski definition) is 1. The predicted octanol–water partition coefficient (Wildman–Crippen LogP) is 1.25. The molecule has 21 heavy (non-hydrogen) atoms. The van der Waals surface area contributed by atoms with Crippen LogP contribution in [0.25, 0.3) is 0 Å². The molecule has 1 aliphatic heterocycles. The Morgan fingerprint density at radius 3 is 2.38 bits per heavy atom. The number of hydrogen-bond acceptors (Lipinski definition) is 4. The van der Waals surface area contributed by atoms with Crippen LogP contribution in [0.4, 0.5) is 0 Å². The normalized spacial score (nSPS) is 17.8. The first-order valence-corrected chi connectivity index (χ1v) is 9.18. The first-order chi connectivity index (χ1) is 9.96. The van der Waals surface area contributed by atoms with Gasteiger partial charge in [0.25, 0.3) is 0 Å². The molecule has 2 rings (SSSR count). The average molecular weight is 312 g/mol. The van der Waals surface area contributed by atoms with Crippen molar-refractivity contribution in [2.45, 2.75) is 25.3 Å². The number of nitrogens with one attached hydrogen (secondary N) is 1. The van der Waals surface area contributed by atoms with Gasteiger partial charge >= 0.3 is 0 Å². The van der Waals surface area contributed by atoms with E-state index >= 15 is 0 Å². The summed E-state index contributed by atoms with van der Waals surface area (Å²) in [6.07, 6.45) is 4.00. The largest absolute Gasteiger partial charge is 0.497 e. The molecule has 1 saturated heterocycles. The molecular formula is C15H24N2O3S. The van der Waals surface area contributed by atoms with E-state index in [2.05, 4.69) is 21.8 Å². The van der Waals surface area contributed by atoms with Crippen molar-refractivity contribution in [3.63, 3.8) is 0 Å². The summed E-state index contributed by atoms with van der Waals surface area (Å²) in [5.41, 5.74) is 1.30. The number of sulfonamides is 1. The van der Waals surface area contributed by atoms with Gasteiger partial charge in [0.1, 0.15) is 5.75 Å². The van der Waals surface area contributed by atoms with Crippen LogP contribution in [0, 0.1) is 0 Å². The SMILES string of the molecule is COc1ccc(CCN2CCC(NS(C)(=O)=O)CC2)cc1. The number of rotatable bonds is 6. The van der Waals surface area contributed by atoms with Gasteiger partial charge in [-0.05, 0) is 50.0 Å². The lowest BCUT2D eigenvalue weighted by atomic mass is 10.1. The van der Waals surface area contributed by atoms with E-state index in [1.807, 2.05) is 12.1 Å². The summed E-state index contributed by atoms with van der Waals surface area (Å²) in [6.45, 7) is 2.91. The molecular weight excluding hydrogens is 288 g/mol. The molecule has 1 N–H and O–H groups in total. The number of piperidine rings is 1. The molecule has 0 amide bonds. The third-order valence-electron chi connectivity index (χ3n) is 3.84. The lowest BCUT2D eigenvalue weighted by molar-refractivity contribution is 0.209. The molecule has 0 unspecified atom stereocenters. The molecule has 1 aromatic rings. The maximum Gasteiger partial charge on any atom is 0.208 e. The van der Waals surface area contributed by atoms with Gasteiger partial charge in [-0.1, -0.05) is 12.1 Å². The van der Waals surface area contributed by atoms with Crippen LogP contribution >= 0.6 is 0 Å². The third kappa shape index (κ3) is 5.65. The summed E-state index contributed by atoms with van der Waals surface area (Å²) in [5.74, 6) is 0.881. The van der Waals surface area contributed by atoms with E-state index in [1.165, 1.54) is 11.8 Å². The number of nitrogens with zero attached hydrogens (tertiary/aromatic N) is 1. The highest BCUT2D eigenvalue weighted by Crippen LogP contribution is 2.14. The summed E-state index contributed by atoms with van der Waals surface area (Å²) in [5, 5.41) is 0. The molecule has 0 atom stereocenters. The zero-order valence-electron chi connectivity index (χ0n) is 12.7. The summed E-state index contributed by atoms with van der Waals surface area (Å²) < 4.78 is 30.3. The minimum Gasteiger partial charge on any atom is -0.497 e. The molecule has 1 heterocycles. The van der Waals surface area contributed by atoms with Crippen LogP contribution in [0.15, 0.2) is 24.3 Å². The van der Waals surface area contributed by atoms with Crippen LogP contribution in [-0.4, -0.2) is 52.4 Å². The molecule has 118 valence electrons. The van der Waals surface area contributed by atoms with Gasteiger partial charge in [-0.25, -0.2) is 13.1 Å². The molecule has 0 aliphatic carbocycles. The van der Waals surface area contributed by atoms with Crippen molar-refractivity contribution in [3.05, 3.63) is 29.8 Å². The zero-order valence-corrected chi connectivity index (χ0v) is 13.5. The predicted molar refractivity (Wildman–Crippen MR) is 84.1 cm³/mol. The molecule has 0 saturated carbocycles. The van der Waals surface area contributed by atoms with Crippen LogP contribution in [-0.2, 0) is 16.4 Å². The second kappa shape index (κ2) is 7.24. The van der Waals surface area contributed by atoms with Crippen molar-refractivity contribution < 1.29 is 13.2 Å². The van der Waals surface area contributed by atoms with Gasteiger partial charge in [0.2, 0.25) is 10.0 Å². The second-order valence-electron chi connectivity index (χ2n) is 5.60. The van der Waals surface area contributed by atoms with E-state index in [-0.39, 0.29) is 6.04 Å². The summed E-state index contributed by atoms with van der Waals surface area (Å²) in [4.78, 5) is 2.39. The second-order valence-corrected chi connectivity index (χ2v) is 7.38. The minimum absolute atomic E-state index is 0.0947. The van der Waals surface area contributed by atoms with Crippen molar-refractivity contribution in [1.82, 2.24) is 9.62 Å². The number of likely N-dealkylation sites (tertiary alicyclic amines) is 1. The number of methoxy groups -OCH3 is 1. The standard InChI is InChI=1S/C15H24N2O3S/c1-20-15-5-3-13(4-6-15)7-10-17-11-8-14(9-12-17)16-21(2,18)19/h3-6,14,16H,7-12H2,1-2H3. The highest BCUT2D eigenvalue weighted by Gasteiger charge is 2.21. The molecule has 6 heteroatoms. The fourth-order valence-electron chi connectivity index (χ4n) is 2.66. The number of ether oxygens (including phenoxy) is 1. The lowest BCUT2D eigenvalue weighted by Gasteiger charge is -2.31. The van der Waals surface area contributed by atoms with E-state index in [0.717, 1.165) is 44.6 Å². The fourth-order valence-corrected chi connectivity index (χ4v) is 3.50. The lowest BCUT2D eigenvalue weighted by Crippen LogP contribution is -2.44. The van der Waals surface area contributed by atoms with Crippen LogP contribution in [0.2, 0.25) is 0 Å². The van der Waals surface area contributed by atoms with Crippen molar-refractivity contribution in [2.24, 2.45) is 0 Å². The van der Waals surface area contributed by atoms with Crippen molar-refractivity contribution in [2.75, 3.05) is 33.0 Å². The van der Waals surface area contributed by atoms with Gasteiger partial charge in [0.15, 0.2) is 0 Å². The maximum absolute atomic E-state index is 11.2. The van der Waals surface area contributed by atoms with Gasteiger partial charge in [-0.2, -0.15) is 0 Å². The summed E-state index contributed by atoms with van der Waals surface area (Å²) in [6, 6.07) is 8.25. The van der Waals surface area contributed by atoms with Crippen LogP contribution < -0.4 is 9.46 Å². The Hall–Kier alpha value is -1.11. The highest BCUT2D eigenvalue weighted by atomic mass is 32.2. The van der Waals surface area contributed by atoms with Gasteiger partial charge in [0.05, 0.1) is 13.4 Å². The molecule has 1 fully saturated rings. The Kier molecular flexibility index (Phi) is 5.61. The highest BCUT2D eigenvalue weighted by molar-refractivity contribution is 7.88. The van der Waals surface area contributed by atoms with Crippen LogP contribution in [0.5, 0.6) is 5.75 Å². The van der Waals surface area contributed by atoms with E-state index in [4.69, 9.17) is 4.74 Å². The molecule has 5 nitrogen and oxygen atoms in total. The smallest absolute Gasteiger partial charge is 0.208 e. The van der Waals surface area contributed by atoms with E-state index < -0.39 is 10.0 Å². The van der Waals surface area contributed by atoms with E-state index in [9.17, 15) is 8.42 Å². The first-order valence-electron chi connectivity index (χ1n) is 7.29. The Balaban J connectivity index is 1.73. The molecule has 0 radical (unpaired) electrons. The Bertz CT molecular complexity index is 535. The quantitative estimate of drug-likeness (QED) is 0.859. The summed E-state index contributed by atoms with van der Waals surface area (Å²) >= 11 is 0. The van der Waals surface area contributed by atoms with Gasteiger partial charge in [-0.3, -0.25) is 0 Å². The van der Waals surface area contributed by atoms with E-state index in [0.29, 0.717) is 0 Å². The minimum atomic E-state index is -3.08. The molecule has 0 aromatic heterocycles. The molecule has 1 aromatic carbocycles. The fraction of sp³-hybridized carbons (Fsp3) is 0.600. The molecule has 0 bridgehead atoms. The zero-order chi connectivity index (χ0) is 15.3. The van der Waals surface area contributed by atoms with Gasteiger partial charge in [-0.15, -0.1) is 0 Å². The van der Waals surface area contributed by atoms with Gasteiger partial charge < -0.3 is 9.64 Å². The van der Waals surface area contributed by atoms with Crippen LogP contribution in [0.3, 0.4) is 0 Å². The first kappa shape index (κ1) is 16.3. The third-order valence-corrected chi connectivity index (χ3v) is 4.61. The monoisotopic (exact) mass is 312 g/mol. The van der Waals surface area contributed by atoms with Gasteiger partial charge in [0, 0.05) is 12.6 Å². The number of benzene rings is 1. The van der Waals surface area contributed by atoms with E-state index in [1.54, 1.807) is 7.11 Å².